The maximum Gasteiger partial charge on any atom is 0.326 e. The summed E-state index contributed by atoms with van der Waals surface area (Å²) < 4.78 is 0. The number of aldehydes is 2. The van der Waals surface area contributed by atoms with Crippen molar-refractivity contribution in [2.24, 2.45) is 0 Å². The summed E-state index contributed by atoms with van der Waals surface area (Å²) in [4.78, 5) is 85.4. The van der Waals surface area contributed by atoms with Crippen molar-refractivity contribution in [1.82, 2.24) is 30.6 Å². The summed E-state index contributed by atoms with van der Waals surface area (Å²) >= 11 is 0. The van der Waals surface area contributed by atoms with E-state index in [1.54, 1.807) is 0 Å². The molecule has 0 aliphatic rings. The van der Waals surface area contributed by atoms with E-state index < -0.39 is 47.0 Å². The first-order valence-electron chi connectivity index (χ1n) is 10.3. The van der Waals surface area contributed by atoms with Crippen molar-refractivity contribution in [3.8, 4) is 0 Å². The van der Waals surface area contributed by atoms with Crippen molar-refractivity contribution in [3.05, 3.63) is 70.8 Å². The van der Waals surface area contributed by atoms with Crippen LogP contribution < -0.4 is 10.6 Å². The highest BCUT2D eigenvalue weighted by atomic mass is 16.4. The van der Waals surface area contributed by atoms with E-state index in [0.717, 1.165) is 12.1 Å². The fourth-order valence-electron chi connectivity index (χ4n) is 3.32. The summed E-state index contributed by atoms with van der Waals surface area (Å²) in [6, 6.07) is -0.959. The van der Waals surface area contributed by atoms with Crippen LogP contribution in [0.25, 0.3) is 0 Å². The highest BCUT2D eigenvalue weighted by Crippen LogP contribution is 2.17. The number of imidazole rings is 2. The van der Waals surface area contributed by atoms with E-state index in [4.69, 9.17) is 0 Å². The molecule has 0 aliphatic carbocycles. The molecule has 3 aromatic rings. The minimum atomic E-state index is -1.44. The molecule has 14 heteroatoms. The average Bonchev–Trinajstić information content (AvgIpc) is 3.56. The van der Waals surface area contributed by atoms with Gasteiger partial charge < -0.3 is 30.8 Å². The third-order valence-corrected chi connectivity index (χ3v) is 5.13. The lowest BCUT2D eigenvalue weighted by Crippen LogP contribution is -2.45. The van der Waals surface area contributed by atoms with Crippen molar-refractivity contribution in [1.29, 1.82) is 0 Å². The number of benzene rings is 1. The Bertz CT molecular complexity index is 1190. The number of carbonyl (C=O) groups is 6. The first kappa shape index (κ1) is 25.5. The van der Waals surface area contributed by atoms with Crippen LogP contribution in [-0.2, 0) is 22.4 Å². The molecule has 1 aromatic carbocycles. The predicted octanol–water partition coefficient (Wildman–Crippen LogP) is -0.391. The van der Waals surface area contributed by atoms with Crippen molar-refractivity contribution in [2.75, 3.05) is 0 Å². The van der Waals surface area contributed by atoms with Crippen LogP contribution in [-0.4, -0.2) is 78.6 Å². The number of aromatic nitrogens is 4. The van der Waals surface area contributed by atoms with E-state index in [9.17, 15) is 39.0 Å². The fraction of sp³-hybridized carbons (Fsp3) is 0.182. The molecule has 0 saturated heterocycles. The van der Waals surface area contributed by atoms with E-state index in [1.165, 1.54) is 25.0 Å². The monoisotopic (exact) mass is 496 g/mol. The van der Waals surface area contributed by atoms with Crippen LogP contribution >= 0.6 is 0 Å². The predicted molar refractivity (Wildman–Crippen MR) is 120 cm³/mol. The zero-order chi connectivity index (χ0) is 26.2. The summed E-state index contributed by atoms with van der Waals surface area (Å²) in [5.74, 6) is -4.83. The van der Waals surface area contributed by atoms with E-state index in [0.29, 0.717) is 24.0 Å². The van der Waals surface area contributed by atoms with Gasteiger partial charge in [-0.15, -0.1) is 0 Å². The van der Waals surface area contributed by atoms with Crippen molar-refractivity contribution in [2.45, 2.75) is 24.9 Å². The number of hydrogen-bond acceptors (Lipinski definition) is 8. The summed E-state index contributed by atoms with van der Waals surface area (Å²) in [7, 11) is 0. The van der Waals surface area contributed by atoms with Crippen LogP contribution in [0.5, 0.6) is 0 Å². The van der Waals surface area contributed by atoms with E-state index in [2.05, 4.69) is 30.6 Å². The Balaban J connectivity index is 1.94. The van der Waals surface area contributed by atoms with Crippen molar-refractivity contribution >= 4 is 36.3 Å². The smallest absolute Gasteiger partial charge is 0.326 e. The van der Waals surface area contributed by atoms with Gasteiger partial charge in [0.05, 0.1) is 23.8 Å². The summed E-state index contributed by atoms with van der Waals surface area (Å²) in [5.41, 5.74) is -0.482. The molecule has 186 valence electrons. The van der Waals surface area contributed by atoms with Gasteiger partial charge in [0.1, 0.15) is 12.1 Å². The molecule has 2 aromatic heterocycles. The second kappa shape index (κ2) is 11.3. The maximum absolute atomic E-state index is 13.0. The van der Waals surface area contributed by atoms with Crippen molar-refractivity contribution < 1.29 is 39.0 Å². The Morgan fingerprint density at radius 1 is 0.778 bits per heavy atom. The molecular weight excluding hydrogens is 476 g/mol. The van der Waals surface area contributed by atoms with E-state index in [-0.39, 0.29) is 24.0 Å². The van der Waals surface area contributed by atoms with Crippen molar-refractivity contribution in [3.63, 3.8) is 0 Å². The number of rotatable bonds is 12. The molecule has 0 spiro atoms. The molecular formula is C22H20N6O8. The number of carboxylic acid groups (broad SMARTS) is 2. The van der Waals surface area contributed by atoms with Crippen LogP contribution in [0.2, 0.25) is 0 Å². The number of aromatic amines is 2. The number of hydrogen-bond donors (Lipinski definition) is 6. The molecule has 6 N–H and O–H groups in total. The standard InChI is InChI=1S/C22H20N6O8/c29-7-11-1-15(19(31)27-17(21(33)34)3-13-5-23-9-25-13)16(2-12(11)8-30)20(32)28-18(22(35)36)4-14-6-24-10-26-14/h1-2,5-10,17-18H,3-4H2,(H,23,25)(H,24,26)(H,27,31)(H,28,32)(H,33,34)(H,35,36)/t17-,18-/m0/s1. The Morgan fingerprint density at radius 2 is 1.17 bits per heavy atom. The number of aliphatic carboxylic acids is 2. The Morgan fingerprint density at radius 3 is 1.44 bits per heavy atom. The van der Waals surface area contributed by atoms with Gasteiger partial charge in [-0.1, -0.05) is 0 Å². The van der Waals surface area contributed by atoms with Gasteiger partial charge in [0.25, 0.3) is 11.8 Å². The SMILES string of the molecule is O=Cc1cc(C(=O)N[C@@H](Cc2cnc[nH]2)C(=O)O)c(C(=O)N[C@@H](Cc2cnc[nH]2)C(=O)O)cc1C=O. The molecule has 2 atom stereocenters. The first-order chi connectivity index (χ1) is 17.2. The Hall–Kier alpha value is -5.14. The van der Waals surface area contributed by atoms with Gasteiger partial charge in [0.15, 0.2) is 12.6 Å². The minimum Gasteiger partial charge on any atom is -0.480 e. The molecule has 0 saturated carbocycles. The van der Waals surface area contributed by atoms with Crippen LogP contribution in [0, 0.1) is 0 Å². The van der Waals surface area contributed by atoms with Gasteiger partial charge in [0, 0.05) is 47.8 Å². The zero-order valence-electron chi connectivity index (χ0n) is 18.4. The molecule has 2 amide bonds. The summed E-state index contributed by atoms with van der Waals surface area (Å²) in [5, 5.41) is 23.6. The minimum absolute atomic E-state index is 0.166. The highest BCUT2D eigenvalue weighted by molar-refractivity contribution is 6.11. The molecule has 0 radical (unpaired) electrons. The molecule has 36 heavy (non-hydrogen) atoms. The van der Waals surface area contributed by atoms with Crippen LogP contribution in [0.15, 0.2) is 37.2 Å². The van der Waals surface area contributed by atoms with Gasteiger partial charge in [-0.2, -0.15) is 0 Å². The second-order valence-electron chi connectivity index (χ2n) is 7.55. The number of H-pyrrole nitrogens is 2. The summed E-state index contributed by atoms with van der Waals surface area (Å²) in [6.45, 7) is 0. The van der Waals surface area contributed by atoms with Crippen LogP contribution in [0.4, 0.5) is 0 Å². The number of carboxylic acids is 2. The second-order valence-corrected chi connectivity index (χ2v) is 7.55. The largest absolute Gasteiger partial charge is 0.480 e. The van der Waals surface area contributed by atoms with Crippen LogP contribution in [0.1, 0.15) is 52.8 Å². The van der Waals surface area contributed by atoms with Gasteiger partial charge in [0.2, 0.25) is 0 Å². The quantitative estimate of drug-likeness (QED) is 0.178. The third-order valence-electron chi connectivity index (χ3n) is 5.13. The lowest BCUT2D eigenvalue weighted by atomic mass is 9.97. The van der Waals surface area contributed by atoms with Gasteiger partial charge >= 0.3 is 11.9 Å². The number of nitrogens with zero attached hydrogens (tertiary/aromatic N) is 2. The molecule has 0 unspecified atom stereocenters. The lowest BCUT2D eigenvalue weighted by molar-refractivity contribution is -0.140. The molecule has 14 nitrogen and oxygen atoms in total. The molecule has 0 aliphatic heterocycles. The zero-order valence-corrected chi connectivity index (χ0v) is 18.4. The fourth-order valence-corrected chi connectivity index (χ4v) is 3.32. The Kier molecular flexibility index (Phi) is 8.02. The third kappa shape index (κ3) is 6.05. The van der Waals surface area contributed by atoms with Gasteiger partial charge in [-0.05, 0) is 12.1 Å². The van der Waals surface area contributed by atoms with E-state index >= 15 is 0 Å². The number of amides is 2. The van der Waals surface area contributed by atoms with Crippen LogP contribution in [0.3, 0.4) is 0 Å². The molecule has 3 rings (SSSR count). The average molecular weight is 496 g/mol. The first-order valence-corrected chi connectivity index (χ1v) is 10.3. The molecule has 0 bridgehead atoms. The molecule has 2 heterocycles. The summed E-state index contributed by atoms with van der Waals surface area (Å²) in [6.07, 6.45) is 5.65. The highest BCUT2D eigenvalue weighted by Gasteiger charge is 2.28. The van der Waals surface area contributed by atoms with Gasteiger partial charge in [-0.3, -0.25) is 19.2 Å². The normalized spacial score (nSPS) is 12.2. The maximum atomic E-state index is 13.0. The number of carbonyl (C=O) groups excluding carboxylic acids is 4. The number of nitrogens with one attached hydrogen (secondary N) is 4. The van der Waals surface area contributed by atoms with E-state index in [1.807, 2.05) is 0 Å². The topological polar surface area (TPSA) is 224 Å². The molecule has 0 fully saturated rings. The lowest BCUT2D eigenvalue weighted by Gasteiger charge is -2.18. The Labute approximate surface area is 202 Å². The van der Waals surface area contributed by atoms with Gasteiger partial charge in [-0.25, -0.2) is 19.6 Å².